The van der Waals surface area contributed by atoms with Crippen LogP contribution in [0.4, 0.5) is 0 Å². The van der Waals surface area contributed by atoms with Crippen LogP contribution in [0.3, 0.4) is 0 Å². The minimum Gasteiger partial charge on any atom is -0.322 e. The fourth-order valence-corrected chi connectivity index (χ4v) is 4.47. The molecule has 1 amide bonds. The lowest BCUT2D eigenvalue weighted by Gasteiger charge is -2.45. The van der Waals surface area contributed by atoms with E-state index in [4.69, 9.17) is 15.1 Å². The molecule has 4 unspecified atom stereocenters. The number of ether oxygens (including phenoxy) is 1. The molecule has 5 atom stereocenters. The van der Waals surface area contributed by atoms with Crippen LogP contribution >= 0.6 is 0 Å². The Bertz CT molecular complexity index is 640. The second-order valence-corrected chi connectivity index (χ2v) is 7.70. The summed E-state index contributed by atoms with van der Waals surface area (Å²) in [6.07, 6.45) is 1.91. The molecule has 0 aromatic heterocycles. The van der Waals surface area contributed by atoms with Crippen molar-refractivity contribution in [3.8, 4) is 0 Å². The number of hydrogen-bond acceptors (Lipinski definition) is 9. The maximum atomic E-state index is 12.8. The third kappa shape index (κ3) is 2.54. The molecule has 5 heterocycles. The molecule has 5 saturated heterocycles. The van der Waals surface area contributed by atoms with Gasteiger partial charge in [0, 0.05) is 13.1 Å². The van der Waals surface area contributed by atoms with Gasteiger partial charge < -0.3 is 10.1 Å². The predicted octanol–water partition coefficient (Wildman–Crippen LogP) is -2.03. The summed E-state index contributed by atoms with van der Waals surface area (Å²) in [6.45, 7) is 1.92. The average molecular weight is 363 g/mol. The van der Waals surface area contributed by atoms with E-state index in [9.17, 15) is 13.2 Å². The van der Waals surface area contributed by atoms with Gasteiger partial charge in [0.1, 0.15) is 0 Å². The van der Waals surface area contributed by atoms with Crippen LogP contribution in [0.5, 0.6) is 0 Å². The topological polar surface area (TPSA) is 138 Å². The molecule has 5 rings (SSSR count). The van der Waals surface area contributed by atoms with Crippen molar-refractivity contribution in [3.63, 3.8) is 0 Å². The summed E-state index contributed by atoms with van der Waals surface area (Å²) < 4.78 is 41.1. The third-order valence-corrected chi connectivity index (χ3v) is 5.58. The van der Waals surface area contributed by atoms with Crippen LogP contribution in [0.25, 0.3) is 0 Å². The molecule has 5 aliphatic rings. The van der Waals surface area contributed by atoms with Gasteiger partial charge in [0.25, 0.3) is 5.91 Å². The third-order valence-electron chi connectivity index (χ3n) is 5.23. The second kappa shape index (κ2) is 5.57. The highest BCUT2D eigenvalue weighted by atomic mass is 32.3. The normalized spacial score (nSPS) is 41.8. The number of nitrogens with one attached hydrogen (secondary N) is 1. The van der Waals surface area contributed by atoms with Crippen molar-refractivity contribution in [2.75, 3.05) is 19.6 Å². The lowest BCUT2D eigenvalue weighted by atomic mass is 9.96. The number of nitrogens with zero attached hydrogens (tertiary/aromatic N) is 3. The molecule has 0 aliphatic carbocycles. The number of hydrazine groups is 1. The number of piperidine rings is 2. The number of carbonyl (C=O) groups excluding carboxylic acids is 1. The molecular formula is C12H21N5O6S. The monoisotopic (exact) mass is 363 g/mol. The molecule has 0 aromatic carbocycles. The van der Waals surface area contributed by atoms with E-state index in [1.165, 1.54) is 5.01 Å². The molecule has 4 N–H and O–H groups in total. The number of amides is 1. The van der Waals surface area contributed by atoms with E-state index in [0.29, 0.717) is 25.9 Å². The molecule has 0 saturated carbocycles. The zero-order chi connectivity index (χ0) is 17.1. The van der Waals surface area contributed by atoms with Crippen LogP contribution in [0.1, 0.15) is 25.7 Å². The summed E-state index contributed by atoms with van der Waals surface area (Å²) in [5, 5.41) is 5.62. The molecule has 5 aliphatic heterocycles. The highest BCUT2D eigenvalue weighted by molar-refractivity contribution is 7.80. The maximum absolute atomic E-state index is 12.8. The summed E-state index contributed by atoms with van der Waals surface area (Å²) in [7, 11) is -4.63. The average Bonchev–Trinajstić information content (AvgIpc) is 2.97. The van der Waals surface area contributed by atoms with Crippen molar-refractivity contribution >= 4 is 16.3 Å². The van der Waals surface area contributed by atoms with Crippen molar-refractivity contribution in [3.05, 3.63) is 0 Å². The van der Waals surface area contributed by atoms with E-state index in [0.717, 1.165) is 24.4 Å². The Hall–Kier alpha value is -0.860. The van der Waals surface area contributed by atoms with E-state index >= 15 is 0 Å². The predicted molar refractivity (Wildman–Crippen MR) is 78.7 cm³/mol. The first kappa shape index (κ1) is 16.6. The first-order valence-electron chi connectivity index (χ1n) is 7.99. The van der Waals surface area contributed by atoms with Crippen LogP contribution in [0.15, 0.2) is 0 Å². The first-order valence-corrected chi connectivity index (χ1v) is 9.36. The van der Waals surface area contributed by atoms with Gasteiger partial charge in [-0.05, 0) is 32.2 Å². The zero-order valence-corrected chi connectivity index (χ0v) is 13.8. The van der Waals surface area contributed by atoms with Gasteiger partial charge in [0.15, 0.2) is 12.1 Å². The fourth-order valence-electron chi connectivity index (χ4n) is 4.06. The summed E-state index contributed by atoms with van der Waals surface area (Å²) in [4.78, 5) is 14.5. The van der Waals surface area contributed by atoms with Gasteiger partial charge in [-0.15, -0.1) is 4.28 Å². The summed E-state index contributed by atoms with van der Waals surface area (Å²) >= 11 is 0. The lowest BCUT2D eigenvalue weighted by molar-refractivity contribution is -0.415. The van der Waals surface area contributed by atoms with Crippen LogP contribution < -0.4 is 11.2 Å². The van der Waals surface area contributed by atoms with Gasteiger partial charge in [-0.1, -0.05) is 5.06 Å². The number of hydrogen-bond donors (Lipinski definition) is 3. The number of nitrogens with two attached hydrogens (primary N) is 1. The van der Waals surface area contributed by atoms with Gasteiger partial charge in [-0.3, -0.25) is 14.4 Å². The highest BCUT2D eigenvalue weighted by Crippen LogP contribution is 2.52. The van der Waals surface area contributed by atoms with Gasteiger partial charge >= 0.3 is 10.4 Å². The minimum absolute atomic E-state index is 0.0502. The molecular weight excluding hydrogens is 342 g/mol. The fraction of sp³-hybridized carbons (Fsp3) is 0.917. The van der Waals surface area contributed by atoms with Crippen LogP contribution in [-0.2, 0) is 24.2 Å². The Morgan fingerprint density at radius 2 is 2.25 bits per heavy atom. The van der Waals surface area contributed by atoms with Gasteiger partial charge in [-0.2, -0.15) is 8.42 Å². The van der Waals surface area contributed by atoms with E-state index in [1.807, 2.05) is 0 Å². The Balaban J connectivity index is 1.46. The van der Waals surface area contributed by atoms with Gasteiger partial charge in [0.05, 0.1) is 12.1 Å². The standard InChI is InChI=1S/C12H21N5O6S/c13-16(8-2-1-5-14-6-8)10(18)9-3-4-12-7-15(9)11(22-12)17(12)23-24(19,20)21/h8-9,11,14H,1-7,13H2,(H,19,20,21)/t8?,9-,11?,12?/m0/s1. The molecule has 3 bridgehead atoms. The van der Waals surface area contributed by atoms with E-state index < -0.39 is 28.5 Å². The van der Waals surface area contributed by atoms with Crippen LogP contribution in [0.2, 0.25) is 0 Å². The quantitative estimate of drug-likeness (QED) is 0.222. The van der Waals surface area contributed by atoms with E-state index in [1.54, 1.807) is 4.90 Å². The molecule has 0 aromatic rings. The number of hydroxylamine groups is 2. The molecule has 1 spiro atoms. The summed E-state index contributed by atoms with van der Waals surface area (Å²) in [5.41, 5.74) is -0.914. The van der Waals surface area contributed by atoms with E-state index in [2.05, 4.69) is 9.60 Å². The lowest BCUT2D eigenvalue weighted by Crippen LogP contribution is -2.63. The largest absolute Gasteiger partial charge is 0.414 e. The Morgan fingerprint density at radius 3 is 2.92 bits per heavy atom. The zero-order valence-electron chi connectivity index (χ0n) is 13.0. The van der Waals surface area contributed by atoms with E-state index in [-0.39, 0.29) is 11.9 Å². The second-order valence-electron chi connectivity index (χ2n) is 6.69. The molecule has 12 heteroatoms. The van der Waals surface area contributed by atoms with Gasteiger partial charge in [-0.25, -0.2) is 10.7 Å². The van der Waals surface area contributed by atoms with Crippen molar-refractivity contribution in [2.24, 2.45) is 5.84 Å². The molecule has 11 nitrogen and oxygen atoms in total. The highest BCUT2D eigenvalue weighted by Gasteiger charge is 2.70. The Morgan fingerprint density at radius 1 is 1.46 bits per heavy atom. The maximum Gasteiger partial charge on any atom is 0.414 e. The molecule has 24 heavy (non-hydrogen) atoms. The SMILES string of the molecule is NN(C(=O)[C@@H]1CCC23CN1C(O2)N3OS(=O)(=O)O)C1CCCNC1. The Labute approximate surface area is 139 Å². The smallest absolute Gasteiger partial charge is 0.322 e. The molecule has 136 valence electrons. The minimum atomic E-state index is -4.63. The summed E-state index contributed by atoms with van der Waals surface area (Å²) in [5.74, 6) is 5.84. The van der Waals surface area contributed by atoms with Crippen molar-refractivity contribution < 1.29 is 26.8 Å². The first-order chi connectivity index (χ1) is 11.3. The molecule has 5 fully saturated rings. The molecule has 0 radical (unpaired) electrons. The number of rotatable bonds is 4. The number of carbonyl (C=O) groups is 1. The summed E-state index contributed by atoms with van der Waals surface area (Å²) in [6, 6.07) is -0.543. The van der Waals surface area contributed by atoms with Crippen molar-refractivity contribution in [1.82, 2.24) is 20.3 Å². The van der Waals surface area contributed by atoms with Crippen LogP contribution in [-0.4, -0.2) is 77.6 Å². The van der Waals surface area contributed by atoms with Crippen molar-refractivity contribution in [2.45, 2.75) is 49.8 Å². The van der Waals surface area contributed by atoms with Crippen LogP contribution in [0, 0.1) is 0 Å². The van der Waals surface area contributed by atoms with Gasteiger partial charge in [0.2, 0.25) is 0 Å². The van der Waals surface area contributed by atoms with Crippen molar-refractivity contribution in [1.29, 1.82) is 0 Å². The Kier molecular flexibility index (Phi) is 3.85.